The van der Waals surface area contributed by atoms with Gasteiger partial charge in [0.25, 0.3) is 0 Å². The number of phenols is 1. The molecular formula is C28H24N6Na2O6S. The molecule has 0 spiro atoms. The number of aromatic carboxylic acids is 1. The number of hydrogen-bond acceptors (Lipinski definition) is 12. The van der Waals surface area contributed by atoms with Crippen molar-refractivity contribution in [2.75, 3.05) is 11.5 Å². The maximum absolute atomic E-state index is 11.4. The predicted molar refractivity (Wildman–Crippen MR) is 150 cm³/mol. The molecule has 0 atom stereocenters. The molecule has 15 heteroatoms. The van der Waals surface area contributed by atoms with Gasteiger partial charge >= 0.3 is 59.1 Å². The Hall–Kier alpha value is -3.14. The van der Waals surface area contributed by atoms with Gasteiger partial charge in [0, 0.05) is 5.56 Å². The second kappa shape index (κ2) is 14.6. The molecule has 4 aromatic carbocycles. The molecule has 0 unspecified atom stereocenters. The fraction of sp³-hybridized carbons (Fsp3) is 0.107. The Kier molecular flexibility index (Phi) is 12.2. The van der Waals surface area contributed by atoms with Crippen molar-refractivity contribution in [1.82, 2.24) is 0 Å². The first kappa shape index (κ1) is 36.1. The van der Waals surface area contributed by atoms with Crippen molar-refractivity contribution in [3.8, 4) is 16.9 Å². The number of hydrogen-bond donors (Lipinski definition) is 3. The smallest absolute Gasteiger partial charge is 0.744 e. The van der Waals surface area contributed by atoms with Crippen LogP contribution in [0.25, 0.3) is 11.1 Å². The molecule has 0 aliphatic heterocycles. The van der Waals surface area contributed by atoms with Gasteiger partial charge in [0.05, 0.1) is 39.3 Å². The van der Waals surface area contributed by atoms with Crippen LogP contribution >= 0.6 is 0 Å². The van der Waals surface area contributed by atoms with Crippen LogP contribution in [0.3, 0.4) is 0 Å². The van der Waals surface area contributed by atoms with Crippen molar-refractivity contribution in [2.24, 2.45) is 20.5 Å². The Morgan fingerprint density at radius 3 is 1.72 bits per heavy atom. The Labute approximate surface area is 292 Å². The largest absolute Gasteiger partial charge is 1.00 e. The molecule has 43 heavy (non-hydrogen) atoms. The summed E-state index contributed by atoms with van der Waals surface area (Å²) in [7, 11) is -4.81. The van der Waals surface area contributed by atoms with Gasteiger partial charge in [-0.15, -0.1) is 5.11 Å². The standard InChI is InChI=1S/C28H26N6O6S.2Na/c1-14-8-17(4-6-23(14)32-31-19-10-16(3)27(35)20(11-19)28(36)37)18-5-7-24(15(2)9-18)33-34-25-13-26(41(38,39)40)22(30)12-21(25)29;;/h4-13,35H,29-30H2,1-3H3,(H,36,37)(H,38,39,40);;/q;2*+1/p-2. The SMILES string of the molecule is Cc1cc(-c2ccc(N=Nc3cc(S(=O)(=O)[O-])c(N)cc3N)c(C)c2)ccc1N=Nc1cc(C)c(O)c(C(=O)[O-])c1.[Na+].[Na+]. The Balaban J connectivity index is 0.00000323. The van der Waals surface area contributed by atoms with Crippen LogP contribution in [0.5, 0.6) is 5.75 Å². The van der Waals surface area contributed by atoms with Crippen LogP contribution in [0, 0.1) is 20.8 Å². The summed E-state index contributed by atoms with van der Waals surface area (Å²) < 4.78 is 34.3. The summed E-state index contributed by atoms with van der Waals surface area (Å²) in [6, 6.07) is 15.9. The normalized spacial score (nSPS) is 11.3. The second-order valence-corrected chi connectivity index (χ2v) is 10.6. The van der Waals surface area contributed by atoms with E-state index in [1.165, 1.54) is 12.1 Å². The molecule has 12 nitrogen and oxygen atoms in total. The topological polar surface area (TPSA) is 219 Å². The number of azo groups is 2. The number of aromatic hydroxyl groups is 1. The van der Waals surface area contributed by atoms with Gasteiger partial charge in [-0.2, -0.15) is 15.3 Å². The van der Waals surface area contributed by atoms with Gasteiger partial charge in [-0.3, -0.25) is 0 Å². The summed E-state index contributed by atoms with van der Waals surface area (Å²) in [6.45, 7) is 5.24. The van der Waals surface area contributed by atoms with Crippen LogP contribution in [-0.2, 0) is 10.1 Å². The molecular weight excluding hydrogens is 594 g/mol. The first-order valence-electron chi connectivity index (χ1n) is 12.0. The Morgan fingerprint density at radius 2 is 1.23 bits per heavy atom. The molecule has 210 valence electrons. The van der Waals surface area contributed by atoms with Gasteiger partial charge in [0.2, 0.25) is 0 Å². The summed E-state index contributed by atoms with van der Waals surface area (Å²) in [5.74, 6) is -1.88. The van der Waals surface area contributed by atoms with Gasteiger partial charge in [-0.1, -0.05) is 12.1 Å². The number of nitrogens with two attached hydrogens (primary N) is 2. The number of anilines is 2. The van der Waals surface area contributed by atoms with E-state index in [9.17, 15) is 28.0 Å². The molecule has 0 radical (unpaired) electrons. The molecule has 0 bridgehead atoms. The van der Waals surface area contributed by atoms with Crippen molar-refractivity contribution in [3.05, 3.63) is 82.9 Å². The molecule has 0 heterocycles. The van der Waals surface area contributed by atoms with E-state index >= 15 is 0 Å². The minimum atomic E-state index is -4.81. The average molecular weight is 619 g/mol. The van der Waals surface area contributed by atoms with E-state index < -0.39 is 21.0 Å². The molecule has 0 fully saturated rings. The monoisotopic (exact) mass is 618 g/mol. The van der Waals surface area contributed by atoms with Crippen LogP contribution in [0.1, 0.15) is 27.0 Å². The zero-order valence-electron chi connectivity index (χ0n) is 24.1. The number of carboxylic acid groups (broad SMARTS) is 1. The number of carboxylic acids is 1. The first-order chi connectivity index (χ1) is 19.2. The number of nitrogens with zero attached hydrogens (tertiary/aromatic N) is 4. The summed E-state index contributed by atoms with van der Waals surface area (Å²) >= 11 is 0. The third-order valence-electron chi connectivity index (χ3n) is 6.20. The van der Waals surface area contributed by atoms with Crippen molar-refractivity contribution in [1.29, 1.82) is 0 Å². The predicted octanol–water partition coefficient (Wildman–Crippen LogP) is -0.745. The third-order valence-corrected chi connectivity index (χ3v) is 7.09. The van der Waals surface area contributed by atoms with Crippen LogP contribution in [-0.4, -0.2) is 24.0 Å². The quantitative estimate of drug-likeness (QED) is 0.103. The van der Waals surface area contributed by atoms with E-state index in [2.05, 4.69) is 20.5 Å². The summed E-state index contributed by atoms with van der Waals surface area (Å²) in [6.07, 6.45) is 0. The third kappa shape index (κ3) is 8.49. The van der Waals surface area contributed by atoms with E-state index in [-0.39, 0.29) is 93.2 Å². The molecule has 4 aromatic rings. The number of rotatable bonds is 7. The molecule has 4 rings (SSSR count). The molecule has 0 amide bonds. The number of carbonyl (C=O) groups excluding carboxylic acids is 1. The maximum atomic E-state index is 11.4. The fourth-order valence-electron chi connectivity index (χ4n) is 3.99. The first-order valence-corrected chi connectivity index (χ1v) is 13.4. The zero-order chi connectivity index (χ0) is 30.1. The van der Waals surface area contributed by atoms with Gasteiger partial charge in [-0.05, 0) is 97.1 Å². The van der Waals surface area contributed by atoms with Crippen molar-refractivity contribution < 1.29 is 87.1 Å². The molecule has 0 saturated heterocycles. The number of nitrogen functional groups attached to an aromatic ring is 2. The summed E-state index contributed by atoms with van der Waals surface area (Å²) in [5, 5.41) is 37.7. The Bertz CT molecular complexity index is 1880. The van der Waals surface area contributed by atoms with Gasteiger partial charge < -0.3 is 31.0 Å². The second-order valence-electron chi connectivity index (χ2n) is 9.25. The molecule has 0 aromatic heterocycles. The van der Waals surface area contributed by atoms with E-state index in [1.54, 1.807) is 19.1 Å². The molecule has 5 N–H and O–H groups in total. The summed E-state index contributed by atoms with van der Waals surface area (Å²) in [4.78, 5) is 10.6. The number of carbonyl (C=O) groups is 1. The zero-order valence-corrected chi connectivity index (χ0v) is 28.9. The van der Waals surface area contributed by atoms with Crippen molar-refractivity contribution in [2.45, 2.75) is 25.7 Å². The van der Waals surface area contributed by atoms with Crippen LogP contribution in [0.2, 0.25) is 0 Å². The van der Waals surface area contributed by atoms with Crippen LogP contribution < -0.4 is 75.7 Å². The van der Waals surface area contributed by atoms with E-state index in [4.69, 9.17) is 11.5 Å². The number of aryl methyl sites for hydroxylation is 3. The minimum Gasteiger partial charge on any atom is -0.744 e. The van der Waals surface area contributed by atoms with Crippen LogP contribution in [0.4, 0.5) is 34.1 Å². The fourth-order valence-corrected chi connectivity index (χ4v) is 4.60. The van der Waals surface area contributed by atoms with Crippen LogP contribution in [0.15, 0.2) is 86.0 Å². The summed E-state index contributed by atoms with van der Waals surface area (Å²) in [5.41, 5.74) is 15.9. The molecule has 0 saturated carbocycles. The maximum Gasteiger partial charge on any atom is 1.00 e. The molecule has 0 aliphatic carbocycles. The Morgan fingerprint density at radius 1 is 0.721 bits per heavy atom. The van der Waals surface area contributed by atoms with E-state index in [0.717, 1.165) is 34.4 Å². The number of benzene rings is 4. The van der Waals surface area contributed by atoms with E-state index in [1.807, 2.05) is 38.1 Å². The van der Waals surface area contributed by atoms with Gasteiger partial charge in [0.1, 0.15) is 21.6 Å². The van der Waals surface area contributed by atoms with Crippen molar-refractivity contribution >= 4 is 50.2 Å². The van der Waals surface area contributed by atoms with E-state index in [0.29, 0.717) is 16.9 Å². The average Bonchev–Trinajstić information content (AvgIpc) is 2.89. The minimum absolute atomic E-state index is 0. The van der Waals surface area contributed by atoms with Gasteiger partial charge in [-0.25, -0.2) is 8.42 Å². The molecule has 0 aliphatic rings. The van der Waals surface area contributed by atoms with Gasteiger partial charge in [0.15, 0.2) is 0 Å². The van der Waals surface area contributed by atoms with Crippen molar-refractivity contribution in [3.63, 3.8) is 0 Å².